The molecule has 1 fully saturated rings. The molecule has 114 valence electrons. The minimum Gasteiger partial charge on any atom is -0.303 e. The van der Waals surface area contributed by atoms with E-state index in [9.17, 15) is 9.59 Å². The summed E-state index contributed by atoms with van der Waals surface area (Å²) in [6.45, 7) is 4.83. The first kappa shape index (κ1) is 15.5. The second kappa shape index (κ2) is 7.78. The van der Waals surface area contributed by atoms with Crippen molar-refractivity contribution in [2.24, 2.45) is 0 Å². The molecule has 0 aliphatic carbocycles. The number of carbonyl (C=O) groups is 2. The zero-order valence-electron chi connectivity index (χ0n) is 12.5. The van der Waals surface area contributed by atoms with Crippen molar-refractivity contribution in [1.29, 1.82) is 0 Å². The van der Waals surface area contributed by atoms with Crippen LogP contribution in [0.3, 0.4) is 0 Å². The van der Waals surface area contributed by atoms with Crippen LogP contribution in [0.1, 0.15) is 41.6 Å². The highest BCUT2D eigenvalue weighted by Gasteiger charge is 2.12. The van der Waals surface area contributed by atoms with E-state index < -0.39 is 0 Å². The van der Waals surface area contributed by atoms with Gasteiger partial charge in [-0.2, -0.15) is 0 Å². The normalized spacial score (nSPS) is 15.5. The second-order valence-corrected chi connectivity index (χ2v) is 5.52. The fraction of sp³-hybridized carbons (Fsp3) is 0.500. The third kappa shape index (κ3) is 5.19. The van der Waals surface area contributed by atoms with E-state index in [1.807, 2.05) is 19.1 Å². The number of benzene rings is 1. The van der Waals surface area contributed by atoms with Gasteiger partial charge >= 0.3 is 0 Å². The number of nitrogens with one attached hydrogen (secondary N) is 2. The van der Waals surface area contributed by atoms with Crippen molar-refractivity contribution in [2.75, 3.05) is 19.6 Å². The number of hydrogen-bond acceptors (Lipinski definition) is 3. The quantitative estimate of drug-likeness (QED) is 0.828. The van der Waals surface area contributed by atoms with E-state index in [0.29, 0.717) is 12.0 Å². The highest BCUT2D eigenvalue weighted by atomic mass is 16.2. The van der Waals surface area contributed by atoms with Gasteiger partial charge in [-0.15, -0.1) is 0 Å². The number of hydrazine groups is 1. The lowest BCUT2D eigenvalue weighted by atomic mass is 10.1. The van der Waals surface area contributed by atoms with Crippen LogP contribution in [0.4, 0.5) is 0 Å². The standard InChI is InChI=1S/C16H23N3O2/c1-13-6-5-7-14(12-13)16(21)18-17-15(20)8-11-19-9-3-2-4-10-19/h5-7,12H,2-4,8-11H2,1H3,(H,17,20)(H,18,21). The second-order valence-electron chi connectivity index (χ2n) is 5.52. The van der Waals surface area contributed by atoms with Crippen molar-refractivity contribution in [3.05, 3.63) is 35.4 Å². The van der Waals surface area contributed by atoms with Crippen LogP contribution < -0.4 is 10.9 Å². The summed E-state index contributed by atoms with van der Waals surface area (Å²) in [7, 11) is 0. The number of carbonyl (C=O) groups excluding carboxylic acids is 2. The first-order chi connectivity index (χ1) is 10.1. The molecule has 1 aliphatic rings. The summed E-state index contributed by atoms with van der Waals surface area (Å²) in [5.41, 5.74) is 6.49. The molecule has 2 rings (SSSR count). The largest absolute Gasteiger partial charge is 0.303 e. The molecule has 1 heterocycles. The molecule has 1 aromatic rings. The molecule has 0 bridgehead atoms. The molecule has 1 aromatic carbocycles. The van der Waals surface area contributed by atoms with E-state index in [1.54, 1.807) is 12.1 Å². The molecule has 1 aliphatic heterocycles. The summed E-state index contributed by atoms with van der Waals surface area (Å²) in [4.78, 5) is 25.9. The Labute approximate surface area is 125 Å². The van der Waals surface area contributed by atoms with E-state index in [1.165, 1.54) is 19.3 Å². The Morgan fingerprint density at radius 3 is 2.62 bits per heavy atom. The summed E-state index contributed by atoms with van der Waals surface area (Å²) in [6, 6.07) is 7.26. The predicted octanol–water partition coefficient (Wildman–Crippen LogP) is 1.63. The van der Waals surface area contributed by atoms with Crippen molar-refractivity contribution < 1.29 is 9.59 Å². The minimum absolute atomic E-state index is 0.151. The van der Waals surface area contributed by atoms with Gasteiger partial charge in [0.15, 0.2) is 0 Å². The Balaban J connectivity index is 1.69. The average Bonchev–Trinajstić information content (AvgIpc) is 2.51. The molecule has 2 N–H and O–H groups in total. The molecule has 5 heteroatoms. The monoisotopic (exact) mass is 289 g/mol. The highest BCUT2D eigenvalue weighted by Crippen LogP contribution is 2.08. The van der Waals surface area contributed by atoms with Gasteiger partial charge in [0.05, 0.1) is 0 Å². The van der Waals surface area contributed by atoms with Crippen LogP contribution >= 0.6 is 0 Å². The molecule has 0 spiro atoms. The zero-order chi connectivity index (χ0) is 15.1. The number of nitrogens with zero attached hydrogens (tertiary/aromatic N) is 1. The van der Waals surface area contributed by atoms with E-state index in [-0.39, 0.29) is 11.8 Å². The van der Waals surface area contributed by atoms with Crippen molar-refractivity contribution in [3.63, 3.8) is 0 Å². The Morgan fingerprint density at radius 2 is 1.90 bits per heavy atom. The topological polar surface area (TPSA) is 61.4 Å². The first-order valence-electron chi connectivity index (χ1n) is 7.53. The van der Waals surface area contributed by atoms with Gasteiger partial charge in [0, 0.05) is 18.5 Å². The lowest BCUT2D eigenvalue weighted by Crippen LogP contribution is -2.43. The van der Waals surface area contributed by atoms with E-state index in [0.717, 1.165) is 25.2 Å². The van der Waals surface area contributed by atoms with Crippen molar-refractivity contribution >= 4 is 11.8 Å². The smallest absolute Gasteiger partial charge is 0.269 e. The average molecular weight is 289 g/mol. The Hall–Kier alpha value is -1.88. The fourth-order valence-corrected chi connectivity index (χ4v) is 2.49. The van der Waals surface area contributed by atoms with Gasteiger partial charge in [0.2, 0.25) is 5.91 Å². The van der Waals surface area contributed by atoms with Gasteiger partial charge in [-0.05, 0) is 45.0 Å². The third-order valence-corrected chi connectivity index (χ3v) is 3.70. The van der Waals surface area contributed by atoms with Crippen molar-refractivity contribution in [3.8, 4) is 0 Å². The molecule has 2 amide bonds. The SMILES string of the molecule is Cc1cccc(C(=O)NNC(=O)CCN2CCCCC2)c1. The summed E-state index contributed by atoms with van der Waals surface area (Å²) < 4.78 is 0. The maximum Gasteiger partial charge on any atom is 0.269 e. The number of likely N-dealkylation sites (tertiary alicyclic amines) is 1. The maximum absolute atomic E-state index is 11.9. The Morgan fingerprint density at radius 1 is 1.14 bits per heavy atom. The number of rotatable bonds is 4. The summed E-state index contributed by atoms with van der Waals surface area (Å²) in [5.74, 6) is -0.438. The molecular formula is C16H23N3O2. The van der Waals surface area contributed by atoms with Crippen molar-refractivity contribution in [2.45, 2.75) is 32.6 Å². The predicted molar refractivity (Wildman–Crippen MR) is 81.7 cm³/mol. The van der Waals surface area contributed by atoms with Crippen LogP contribution in [0.2, 0.25) is 0 Å². The third-order valence-electron chi connectivity index (χ3n) is 3.70. The highest BCUT2D eigenvalue weighted by molar-refractivity contribution is 5.95. The van der Waals surface area contributed by atoms with Crippen LogP contribution in [-0.2, 0) is 4.79 Å². The van der Waals surface area contributed by atoms with Gasteiger partial charge in [-0.25, -0.2) is 0 Å². The molecule has 5 nitrogen and oxygen atoms in total. The van der Waals surface area contributed by atoms with Crippen LogP contribution in [-0.4, -0.2) is 36.3 Å². The molecule has 21 heavy (non-hydrogen) atoms. The molecule has 0 saturated carbocycles. The molecule has 0 atom stereocenters. The van der Waals surface area contributed by atoms with E-state index in [4.69, 9.17) is 0 Å². The molecule has 0 aromatic heterocycles. The minimum atomic E-state index is -0.287. The number of amides is 2. The van der Waals surface area contributed by atoms with E-state index in [2.05, 4.69) is 15.8 Å². The Kier molecular flexibility index (Phi) is 5.75. The lowest BCUT2D eigenvalue weighted by molar-refractivity contribution is -0.122. The summed E-state index contributed by atoms with van der Waals surface area (Å²) in [5, 5.41) is 0. The lowest BCUT2D eigenvalue weighted by Gasteiger charge is -2.25. The number of aryl methyl sites for hydroxylation is 1. The van der Waals surface area contributed by atoms with Gasteiger partial charge in [-0.3, -0.25) is 20.4 Å². The van der Waals surface area contributed by atoms with Gasteiger partial charge in [-0.1, -0.05) is 24.1 Å². The number of piperidine rings is 1. The van der Waals surface area contributed by atoms with Crippen LogP contribution in [0.25, 0.3) is 0 Å². The fourth-order valence-electron chi connectivity index (χ4n) is 2.49. The zero-order valence-corrected chi connectivity index (χ0v) is 12.5. The van der Waals surface area contributed by atoms with Gasteiger partial charge in [0.25, 0.3) is 5.91 Å². The number of hydrogen-bond donors (Lipinski definition) is 2. The van der Waals surface area contributed by atoms with Crippen LogP contribution in [0, 0.1) is 6.92 Å². The Bertz CT molecular complexity index is 496. The van der Waals surface area contributed by atoms with Crippen LogP contribution in [0.5, 0.6) is 0 Å². The molecule has 0 radical (unpaired) electrons. The van der Waals surface area contributed by atoms with Gasteiger partial charge in [0.1, 0.15) is 0 Å². The van der Waals surface area contributed by atoms with Gasteiger partial charge < -0.3 is 4.90 Å². The van der Waals surface area contributed by atoms with E-state index >= 15 is 0 Å². The molecular weight excluding hydrogens is 266 g/mol. The maximum atomic E-state index is 11.9. The van der Waals surface area contributed by atoms with Crippen molar-refractivity contribution in [1.82, 2.24) is 15.8 Å². The summed E-state index contributed by atoms with van der Waals surface area (Å²) >= 11 is 0. The molecule has 1 saturated heterocycles. The molecule has 0 unspecified atom stereocenters. The summed E-state index contributed by atoms with van der Waals surface area (Å²) in [6.07, 6.45) is 4.13. The first-order valence-corrected chi connectivity index (χ1v) is 7.53. The van der Waals surface area contributed by atoms with Crippen LogP contribution in [0.15, 0.2) is 24.3 Å².